The maximum Gasteiger partial charge on any atom is 0.308 e. The fourth-order valence-electron chi connectivity index (χ4n) is 2.19. The number of carboxylic acid groups (broad SMARTS) is 1. The summed E-state index contributed by atoms with van der Waals surface area (Å²) in [6, 6.07) is 7.03. The number of hydrogen-bond acceptors (Lipinski definition) is 2. The van der Waals surface area contributed by atoms with Crippen LogP contribution in [0.1, 0.15) is 30.3 Å². The Bertz CT molecular complexity index is 666. The summed E-state index contributed by atoms with van der Waals surface area (Å²) in [5.74, 6) is -1.76. The third kappa shape index (κ3) is 3.76. The summed E-state index contributed by atoms with van der Waals surface area (Å²) in [5, 5.41) is 13.2. The van der Waals surface area contributed by atoms with Crippen molar-refractivity contribution in [2.24, 2.45) is 5.92 Å². The van der Waals surface area contributed by atoms with E-state index in [9.17, 15) is 9.59 Å². The zero-order chi connectivity index (χ0) is 15.4. The zero-order valence-electron chi connectivity index (χ0n) is 11.6. The number of aliphatic carboxylic acids is 1. The smallest absolute Gasteiger partial charge is 0.308 e. The van der Waals surface area contributed by atoms with Gasteiger partial charge in [0.25, 0.3) is 5.91 Å². The van der Waals surface area contributed by atoms with Crippen molar-refractivity contribution in [2.75, 3.05) is 6.54 Å². The van der Waals surface area contributed by atoms with Crippen LogP contribution in [-0.4, -0.2) is 28.5 Å². The van der Waals surface area contributed by atoms with Crippen LogP contribution in [0.5, 0.6) is 0 Å². The highest BCUT2D eigenvalue weighted by Crippen LogP contribution is 2.20. The van der Waals surface area contributed by atoms with Crippen LogP contribution < -0.4 is 5.32 Å². The molecule has 0 bridgehead atoms. The number of nitrogens with one attached hydrogen (secondary N) is 2. The molecule has 1 aromatic carbocycles. The molecule has 1 atom stereocenters. The summed E-state index contributed by atoms with van der Waals surface area (Å²) in [4.78, 5) is 26.1. The molecule has 0 aliphatic carbocycles. The molecule has 0 aliphatic heterocycles. The van der Waals surface area contributed by atoms with Gasteiger partial charge >= 0.3 is 5.97 Å². The third-order valence-corrected chi connectivity index (χ3v) is 3.56. The van der Waals surface area contributed by atoms with Crippen molar-refractivity contribution in [1.29, 1.82) is 0 Å². The first-order valence-corrected chi connectivity index (χ1v) is 7.18. The van der Waals surface area contributed by atoms with E-state index in [1.165, 1.54) is 0 Å². The fraction of sp³-hybridized carbons (Fsp3) is 0.333. The van der Waals surface area contributed by atoms with Gasteiger partial charge in [-0.3, -0.25) is 9.59 Å². The molecule has 3 N–H and O–H groups in total. The lowest BCUT2D eigenvalue weighted by Crippen LogP contribution is -2.33. The first-order valence-electron chi connectivity index (χ1n) is 6.80. The first-order chi connectivity index (χ1) is 10.0. The van der Waals surface area contributed by atoms with E-state index < -0.39 is 11.9 Å². The molecular weight excluding hydrogens is 292 g/mol. The minimum Gasteiger partial charge on any atom is -0.481 e. The number of fused-ring (bicyclic) bond motifs is 1. The van der Waals surface area contributed by atoms with E-state index in [4.69, 9.17) is 16.7 Å². The highest BCUT2D eigenvalue weighted by molar-refractivity contribution is 6.31. The van der Waals surface area contributed by atoms with Crippen molar-refractivity contribution in [2.45, 2.75) is 19.8 Å². The molecule has 0 saturated heterocycles. The predicted octanol–water partition coefficient (Wildman–Crippen LogP) is 3.05. The molecule has 1 unspecified atom stereocenters. The molecule has 0 aliphatic rings. The normalized spacial score (nSPS) is 12.3. The van der Waals surface area contributed by atoms with Gasteiger partial charge in [0.2, 0.25) is 0 Å². The van der Waals surface area contributed by atoms with Crippen LogP contribution in [0.15, 0.2) is 24.3 Å². The van der Waals surface area contributed by atoms with Crippen LogP contribution in [-0.2, 0) is 4.79 Å². The second kappa shape index (κ2) is 6.63. The van der Waals surface area contributed by atoms with E-state index in [0.29, 0.717) is 17.1 Å². The van der Waals surface area contributed by atoms with Crippen LogP contribution in [0.3, 0.4) is 0 Å². The predicted molar refractivity (Wildman–Crippen MR) is 81.7 cm³/mol. The van der Waals surface area contributed by atoms with Crippen LogP contribution in [0.4, 0.5) is 0 Å². The first kappa shape index (κ1) is 15.4. The van der Waals surface area contributed by atoms with Crippen molar-refractivity contribution >= 4 is 34.4 Å². The summed E-state index contributed by atoms with van der Waals surface area (Å²) in [6.45, 7) is 2.04. The third-order valence-electron chi connectivity index (χ3n) is 3.32. The summed E-state index contributed by atoms with van der Waals surface area (Å²) >= 11 is 5.89. The SMILES string of the molecule is CCCC(CNC(=O)c1cc2ccc(Cl)cc2[nH]1)C(=O)O. The van der Waals surface area contributed by atoms with Crippen molar-refractivity contribution in [3.63, 3.8) is 0 Å². The molecule has 1 amide bonds. The monoisotopic (exact) mass is 308 g/mol. The van der Waals surface area contributed by atoms with Gasteiger partial charge in [0.05, 0.1) is 5.92 Å². The Labute approximate surface area is 127 Å². The maximum absolute atomic E-state index is 12.1. The Morgan fingerprint density at radius 3 is 2.81 bits per heavy atom. The van der Waals surface area contributed by atoms with Gasteiger partial charge in [0.1, 0.15) is 5.69 Å². The van der Waals surface area contributed by atoms with Gasteiger partial charge in [-0.15, -0.1) is 0 Å². The highest BCUT2D eigenvalue weighted by atomic mass is 35.5. The summed E-state index contributed by atoms with van der Waals surface area (Å²) in [6.07, 6.45) is 1.30. The van der Waals surface area contributed by atoms with Crippen molar-refractivity contribution in [1.82, 2.24) is 10.3 Å². The number of aromatic amines is 1. The second-order valence-corrected chi connectivity index (χ2v) is 5.38. The molecule has 0 saturated carbocycles. The molecule has 1 aromatic heterocycles. The number of halogens is 1. The number of amides is 1. The van der Waals surface area contributed by atoms with Gasteiger partial charge in [-0.05, 0) is 24.6 Å². The summed E-state index contributed by atoms with van der Waals surface area (Å²) in [5.41, 5.74) is 1.17. The summed E-state index contributed by atoms with van der Waals surface area (Å²) < 4.78 is 0. The van der Waals surface area contributed by atoms with Gasteiger partial charge < -0.3 is 15.4 Å². The molecule has 5 nitrogen and oxygen atoms in total. The molecule has 0 spiro atoms. The Balaban J connectivity index is 2.06. The number of hydrogen-bond donors (Lipinski definition) is 3. The van der Waals surface area contributed by atoms with Crippen LogP contribution in [0.2, 0.25) is 5.02 Å². The Morgan fingerprint density at radius 2 is 2.14 bits per heavy atom. The molecule has 112 valence electrons. The molecular formula is C15H17ClN2O3. The molecule has 0 radical (unpaired) electrons. The Morgan fingerprint density at radius 1 is 1.38 bits per heavy atom. The van der Waals surface area contributed by atoms with Gasteiger partial charge in [-0.1, -0.05) is 31.0 Å². The van der Waals surface area contributed by atoms with E-state index in [2.05, 4.69) is 10.3 Å². The minimum absolute atomic E-state index is 0.123. The van der Waals surface area contributed by atoms with Crippen LogP contribution >= 0.6 is 11.6 Å². The summed E-state index contributed by atoms with van der Waals surface area (Å²) in [7, 11) is 0. The zero-order valence-corrected chi connectivity index (χ0v) is 12.4. The number of carboxylic acids is 1. The maximum atomic E-state index is 12.1. The number of carbonyl (C=O) groups excluding carboxylic acids is 1. The van der Waals surface area contributed by atoms with E-state index in [1.807, 2.05) is 13.0 Å². The van der Waals surface area contributed by atoms with Crippen molar-refractivity contribution in [3.8, 4) is 0 Å². The Hall–Kier alpha value is -2.01. The average molecular weight is 309 g/mol. The van der Waals surface area contributed by atoms with Gasteiger partial charge in [0.15, 0.2) is 0 Å². The number of aromatic nitrogens is 1. The fourth-order valence-corrected chi connectivity index (χ4v) is 2.37. The quantitative estimate of drug-likeness (QED) is 0.767. The lowest BCUT2D eigenvalue weighted by Gasteiger charge is -2.11. The topological polar surface area (TPSA) is 82.2 Å². The largest absolute Gasteiger partial charge is 0.481 e. The molecule has 21 heavy (non-hydrogen) atoms. The number of rotatable bonds is 6. The lowest BCUT2D eigenvalue weighted by atomic mass is 10.0. The average Bonchev–Trinajstić information content (AvgIpc) is 2.85. The van der Waals surface area contributed by atoms with Gasteiger partial charge in [-0.2, -0.15) is 0 Å². The molecule has 2 rings (SSSR count). The minimum atomic E-state index is -0.888. The lowest BCUT2D eigenvalue weighted by molar-refractivity contribution is -0.141. The van der Waals surface area contributed by atoms with Crippen molar-refractivity contribution in [3.05, 3.63) is 35.0 Å². The Kier molecular flexibility index (Phi) is 4.85. The van der Waals surface area contributed by atoms with Crippen LogP contribution in [0.25, 0.3) is 10.9 Å². The molecule has 1 heterocycles. The van der Waals surface area contributed by atoms with Gasteiger partial charge in [-0.25, -0.2) is 0 Å². The van der Waals surface area contributed by atoms with E-state index in [1.54, 1.807) is 18.2 Å². The number of carbonyl (C=O) groups is 2. The van der Waals surface area contributed by atoms with E-state index in [0.717, 1.165) is 17.3 Å². The molecule has 2 aromatic rings. The molecule has 0 fully saturated rings. The second-order valence-electron chi connectivity index (χ2n) is 4.95. The number of benzene rings is 1. The van der Waals surface area contributed by atoms with E-state index >= 15 is 0 Å². The van der Waals surface area contributed by atoms with E-state index in [-0.39, 0.29) is 12.5 Å². The van der Waals surface area contributed by atoms with Crippen LogP contribution in [0, 0.1) is 5.92 Å². The number of H-pyrrole nitrogens is 1. The molecule has 6 heteroatoms. The van der Waals surface area contributed by atoms with Crippen molar-refractivity contribution < 1.29 is 14.7 Å². The van der Waals surface area contributed by atoms with Gasteiger partial charge in [0, 0.05) is 22.5 Å². The standard InChI is InChI=1S/C15H17ClN2O3/c1-2-3-10(15(20)21)8-17-14(19)13-6-9-4-5-11(16)7-12(9)18-13/h4-7,10,18H,2-3,8H2,1H3,(H,17,19)(H,20,21). The highest BCUT2D eigenvalue weighted by Gasteiger charge is 2.18.